The van der Waals surface area contributed by atoms with E-state index in [4.69, 9.17) is 4.74 Å². The van der Waals surface area contributed by atoms with Crippen LogP contribution in [0.4, 0.5) is 16.2 Å². The van der Waals surface area contributed by atoms with Gasteiger partial charge in [-0.15, -0.1) is 0 Å². The van der Waals surface area contributed by atoms with E-state index in [1.54, 1.807) is 31.3 Å². The van der Waals surface area contributed by atoms with Crippen molar-refractivity contribution in [1.82, 2.24) is 5.01 Å². The first-order chi connectivity index (χ1) is 14.1. The molecule has 0 aliphatic heterocycles. The maximum atomic E-state index is 12.8. The number of carbonyl (C=O) groups excluding carboxylic acids is 2. The Kier molecular flexibility index (Phi) is 6.47. The molecule has 0 atom stereocenters. The number of para-hydroxylation sites is 2. The molecule has 0 spiro atoms. The van der Waals surface area contributed by atoms with Crippen LogP contribution in [0.5, 0.6) is 5.75 Å². The highest BCUT2D eigenvalue weighted by molar-refractivity contribution is 5.95. The van der Waals surface area contributed by atoms with Gasteiger partial charge in [0.25, 0.3) is 5.91 Å². The lowest BCUT2D eigenvalue weighted by Crippen LogP contribution is -2.36. The Morgan fingerprint density at radius 1 is 0.862 bits per heavy atom. The minimum absolute atomic E-state index is 0.171. The topological polar surface area (TPSA) is 61.9 Å². The molecule has 3 rings (SSSR count). The molecule has 6 heteroatoms. The number of nitrogens with zero attached hydrogens (tertiary/aromatic N) is 2. The molecule has 3 aromatic rings. The molecule has 6 nitrogen and oxygen atoms in total. The van der Waals surface area contributed by atoms with Crippen molar-refractivity contribution in [1.29, 1.82) is 0 Å². The van der Waals surface area contributed by atoms with Crippen LogP contribution in [-0.4, -0.2) is 30.6 Å². The third-order valence-corrected chi connectivity index (χ3v) is 4.32. The van der Waals surface area contributed by atoms with E-state index in [0.717, 1.165) is 11.4 Å². The van der Waals surface area contributed by atoms with E-state index >= 15 is 0 Å². The smallest absolute Gasteiger partial charge is 0.410 e. The van der Waals surface area contributed by atoms with E-state index < -0.39 is 6.09 Å². The molecule has 0 aromatic heterocycles. The third-order valence-electron chi connectivity index (χ3n) is 4.32. The maximum absolute atomic E-state index is 12.8. The highest BCUT2D eigenvalue weighted by Gasteiger charge is 2.16. The zero-order valence-electron chi connectivity index (χ0n) is 16.4. The average molecular weight is 389 g/mol. The van der Waals surface area contributed by atoms with E-state index in [2.05, 4.69) is 5.43 Å². The second-order valence-corrected chi connectivity index (χ2v) is 6.31. The second kappa shape index (κ2) is 9.41. The highest BCUT2D eigenvalue weighted by Crippen LogP contribution is 2.18. The van der Waals surface area contributed by atoms with E-state index in [0.29, 0.717) is 17.9 Å². The molecule has 0 fully saturated rings. The van der Waals surface area contributed by atoms with E-state index in [-0.39, 0.29) is 5.91 Å². The quantitative estimate of drug-likeness (QED) is 0.615. The Labute approximate surface area is 170 Å². The summed E-state index contributed by atoms with van der Waals surface area (Å²) in [5.74, 6) is 0.198. The van der Waals surface area contributed by atoms with E-state index in [1.807, 2.05) is 67.6 Å². The number of carbonyl (C=O) groups is 2. The molecule has 3 aromatic carbocycles. The van der Waals surface area contributed by atoms with Gasteiger partial charge in [0.1, 0.15) is 5.75 Å². The molecule has 1 N–H and O–H groups in total. The van der Waals surface area contributed by atoms with Gasteiger partial charge in [0.05, 0.1) is 5.69 Å². The lowest BCUT2D eigenvalue weighted by molar-refractivity contribution is 0.0800. The van der Waals surface area contributed by atoms with Crippen molar-refractivity contribution in [3.05, 3.63) is 90.5 Å². The Morgan fingerprint density at radius 3 is 2.03 bits per heavy atom. The number of benzene rings is 3. The molecule has 0 bridgehead atoms. The molecule has 0 saturated heterocycles. The zero-order valence-corrected chi connectivity index (χ0v) is 16.4. The van der Waals surface area contributed by atoms with Gasteiger partial charge >= 0.3 is 6.09 Å². The van der Waals surface area contributed by atoms with E-state index in [1.165, 1.54) is 9.91 Å². The fourth-order valence-electron chi connectivity index (χ4n) is 2.69. The van der Waals surface area contributed by atoms with Gasteiger partial charge in [0.2, 0.25) is 0 Å². The zero-order chi connectivity index (χ0) is 20.6. The molecular weight excluding hydrogens is 366 g/mol. The van der Waals surface area contributed by atoms with Crippen LogP contribution < -0.4 is 15.1 Å². The number of hydrogen-bond acceptors (Lipinski definition) is 4. The van der Waals surface area contributed by atoms with Crippen molar-refractivity contribution in [3.63, 3.8) is 0 Å². The molecule has 148 valence electrons. The third kappa shape index (κ3) is 5.13. The van der Waals surface area contributed by atoms with Crippen LogP contribution in [0.15, 0.2) is 84.9 Å². The summed E-state index contributed by atoms with van der Waals surface area (Å²) in [5, 5.41) is 1.53. The fraction of sp³-hybridized carbons (Fsp3) is 0.130. The minimum atomic E-state index is -0.504. The molecule has 0 aliphatic carbocycles. The average Bonchev–Trinajstić information content (AvgIpc) is 2.78. The summed E-state index contributed by atoms with van der Waals surface area (Å²) in [6.07, 6.45) is -0.504. The maximum Gasteiger partial charge on any atom is 0.419 e. The van der Waals surface area contributed by atoms with Crippen molar-refractivity contribution in [3.8, 4) is 5.75 Å². The van der Waals surface area contributed by atoms with Gasteiger partial charge in [-0.3, -0.25) is 20.1 Å². The molecule has 0 heterocycles. The van der Waals surface area contributed by atoms with Gasteiger partial charge in [0.15, 0.2) is 0 Å². The standard InChI is InChI=1S/C23H23N3O3/c1-3-26(24-19-10-6-4-7-11-19)22(27)18-14-16-21(17-15-18)29-23(28)25(2)20-12-8-5-9-13-20/h4-17,24H,3H2,1-2H3. The molecule has 0 aliphatic rings. The van der Waals surface area contributed by atoms with Crippen molar-refractivity contribution in [2.24, 2.45) is 0 Å². The van der Waals surface area contributed by atoms with Crippen LogP contribution in [0.2, 0.25) is 0 Å². The first kappa shape index (κ1) is 19.9. The van der Waals surface area contributed by atoms with Gasteiger partial charge in [-0.2, -0.15) is 0 Å². The fourth-order valence-corrected chi connectivity index (χ4v) is 2.69. The molecule has 29 heavy (non-hydrogen) atoms. The van der Waals surface area contributed by atoms with Crippen molar-refractivity contribution < 1.29 is 14.3 Å². The Balaban J connectivity index is 1.64. The molecule has 2 amide bonds. The van der Waals surface area contributed by atoms with Gasteiger partial charge < -0.3 is 4.74 Å². The Bertz CT molecular complexity index is 944. The number of rotatable bonds is 6. The SMILES string of the molecule is CCN(Nc1ccccc1)C(=O)c1ccc(OC(=O)N(C)c2ccccc2)cc1. The van der Waals surface area contributed by atoms with Crippen molar-refractivity contribution >= 4 is 23.4 Å². The van der Waals surface area contributed by atoms with Crippen LogP contribution in [0.1, 0.15) is 17.3 Å². The molecule has 0 unspecified atom stereocenters. The first-order valence-corrected chi connectivity index (χ1v) is 9.32. The highest BCUT2D eigenvalue weighted by atomic mass is 16.6. The number of nitrogens with one attached hydrogen (secondary N) is 1. The summed E-state index contributed by atoms with van der Waals surface area (Å²) in [4.78, 5) is 26.5. The first-order valence-electron chi connectivity index (χ1n) is 9.32. The summed E-state index contributed by atoms with van der Waals surface area (Å²) >= 11 is 0. The van der Waals surface area contributed by atoms with Gasteiger partial charge in [-0.1, -0.05) is 36.4 Å². The number of anilines is 2. The monoisotopic (exact) mass is 389 g/mol. The Morgan fingerprint density at radius 2 is 1.45 bits per heavy atom. The van der Waals surface area contributed by atoms with Crippen LogP contribution in [-0.2, 0) is 0 Å². The Hall–Kier alpha value is -3.80. The largest absolute Gasteiger partial charge is 0.419 e. The van der Waals surface area contributed by atoms with E-state index in [9.17, 15) is 9.59 Å². The summed E-state index contributed by atoms with van der Waals surface area (Å²) in [7, 11) is 1.64. The van der Waals surface area contributed by atoms with Crippen molar-refractivity contribution in [2.75, 3.05) is 23.9 Å². The number of amides is 2. The lowest BCUT2D eigenvalue weighted by atomic mass is 10.2. The number of ether oxygens (including phenoxy) is 1. The molecule has 0 saturated carbocycles. The molecular formula is C23H23N3O3. The van der Waals surface area contributed by atoms with Crippen LogP contribution >= 0.6 is 0 Å². The summed E-state index contributed by atoms with van der Waals surface area (Å²) in [6.45, 7) is 2.38. The van der Waals surface area contributed by atoms with Crippen LogP contribution in [0.25, 0.3) is 0 Å². The van der Waals surface area contributed by atoms with Crippen LogP contribution in [0.3, 0.4) is 0 Å². The molecule has 0 radical (unpaired) electrons. The number of hydrogen-bond donors (Lipinski definition) is 1. The minimum Gasteiger partial charge on any atom is -0.410 e. The predicted octanol–water partition coefficient (Wildman–Crippen LogP) is 4.81. The summed E-state index contributed by atoms with van der Waals surface area (Å²) in [5.41, 5.74) is 5.15. The van der Waals surface area contributed by atoms with Crippen LogP contribution in [0, 0.1) is 0 Å². The second-order valence-electron chi connectivity index (χ2n) is 6.31. The van der Waals surface area contributed by atoms with Gasteiger partial charge in [-0.05, 0) is 55.5 Å². The normalized spacial score (nSPS) is 10.1. The number of hydrazine groups is 1. The summed E-state index contributed by atoms with van der Waals surface area (Å²) < 4.78 is 5.39. The summed E-state index contributed by atoms with van der Waals surface area (Å²) in [6, 6.07) is 25.2. The van der Waals surface area contributed by atoms with Gasteiger partial charge in [0, 0.05) is 24.8 Å². The predicted molar refractivity (Wildman–Crippen MR) is 114 cm³/mol. The van der Waals surface area contributed by atoms with Gasteiger partial charge in [-0.25, -0.2) is 4.79 Å². The lowest BCUT2D eigenvalue weighted by Gasteiger charge is -2.23. The van der Waals surface area contributed by atoms with Crippen molar-refractivity contribution in [2.45, 2.75) is 6.92 Å².